The molecule has 0 aliphatic carbocycles. The summed E-state index contributed by atoms with van der Waals surface area (Å²) in [6, 6.07) is 10.9. The zero-order valence-electron chi connectivity index (χ0n) is 14.9. The first kappa shape index (κ1) is 18.7. The molecular weight excluding hydrogens is 322 g/mol. The molecule has 7 heteroatoms. The summed E-state index contributed by atoms with van der Waals surface area (Å²) in [7, 11) is 1.84. The van der Waals surface area contributed by atoms with Crippen molar-refractivity contribution in [3.05, 3.63) is 47.7 Å². The Kier molecular flexibility index (Phi) is 6.30. The van der Waals surface area contributed by atoms with Crippen LogP contribution in [0.4, 0.5) is 5.82 Å². The van der Waals surface area contributed by atoms with Crippen LogP contribution in [0.5, 0.6) is 0 Å². The highest BCUT2D eigenvalue weighted by molar-refractivity contribution is 5.94. The van der Waals surface area contributed by atoms with Crippen molar-refractivity contribution < 1.29 is 18.8 Å². The lowest BCUT2D eigenvalue weighted by Crippen LogP contribution is -2.40. The molecule has 1 aromatic heterocycles. The molecule has 0 radical (unpaired) electrons. The molecule has 2 rings (SSSR count). The number of aromatic nitrogens is 1. The van der Waals surface area contributed by atoms with E-state index in [0.29, 0.717) is 18.1 Å². The first-order valence-electron chi connectivity index (χ1n) is 8.05. The largest absolute Gasteiger partial charge is 0.451 e. The average molecular weight is 345 g/mol. The number of likely N-dealkylation sites (N-methyl/N-ethyl adjacent to an activating group) is 1. The molecule has 134 valence electrons. The van der Waals surface area contributed by atoms with Crippen LogP contribution in [-0.2, 0) is 20.9 Å². The zero-order valence-corrected chi connectivity index (χ0v) is 14.9. The molecule has 2 aromatic rings. The predicted octanol–water partition coefficient (Wildman–Crippen LogP) is 2.37. The lowest BCUT2D eigenvalue weighted by molar-refractivity contribution is -0.157. The van der Waals surface area contributed by atoms with E-state index in [1.54, 1.807) is 19.9 Å². The highest BCUT2D eigenvalue weighted by Gasteiger charge is 2.25. The molecule has 1 aromatic carbocycles. The van der Waals surface area contributed by atoms with E-state index in [-0.39, 0.29) is 0 Å². The summed E-state index contributed by atoms with van der Waals surface area (Å²) in [4.78, 5) is 26.2. The minimum atomic E-state index is -0.933. The number of carbonyl (C=O) groups excluding carboxylic acids is 2. The second kappa shape index (κ2) is 8.43. The molecule has 0 saturated heterocycles. The van der Waals surface area contributed by atoms with Crippen LogP contribution in [0.1, 0.15) is 25.2 Å². The summed E-state index contributed by atoms with van der Waals surface area (Å²) in [6.45, 7) is 5.59. The number of rotatable bonds is 7. The van der Waals surface area contributed by atoms with Gasteiger partial charge in [0.05, 0.1) is 0 Å². The van der Waals surface area contributed by atoms with Crippen molar-refractivity contribution in [3.63, 3.8) is 0 Å². The number of nitrogens with one attached hydrogen (secondary N) is 1. The SMILES string of the molecule is Cc1cc(NC(=O)[C@@H](C)OC(=O)[C@@H](C)N(C)Cc2ccccc2)no1. The fourth-order valence-corrected chi connectivity index (χ4v) is 2.17. The first-order chi connectivity index (χ1) is 11.9. The third kappa shape index (κ3) is 5.42. The van der Waals surface area contributed by atoms with Crippen LogP contribution >= 0.6 is 0 Å². The zero-order chi connectivity index (χ0) is 18.4. The van der Waals surface area contributed by atoms with Crippen LogP contribution in [0, 0.1) is 6.92 Å². The fraction of sp³-hybridized carbons (Fsp3) is 0.389. The van der Waals surface area contributed by atoms with Crippen molar-refractivity contribution in [1.29, 1.82) is 0 Å². The van der Waals surface area contributed by atoms with Crippen LogP contribution in [-0.4, -0.2) is 41.1 Å². The lowest BCUT2D eigenvalue weighted by atomic mass is 10.2. The van der Waals surface area contributed by atoms with E-state index in [2.05, 4.69) is 10.5 Å². The van der Waals surface area contributed by atoms with Gasteiger partial charge in [-0.05, 0) is 33.4 Å². The van der Waals surface area contributed by atoms with Crippen LogP contribution in [0.15, 0.2) is 40.9 Å². The number of carbonyl (C=O) groups is 2. The molecule has 1 N–H and O–H groups in total. The van der Waals surface area contributed by atoms with Gasteiger partial charge in [-0.2, -0.15) is 0 Å². The summed E-state index contributed by atoms with van der Waals surface area (Å²) in [6.07, 6.45) is -0.933. The Morgan fingerprint density at radius 1 is 1.28 bits per heavy atom. The molecule has 25 heavy (non-hydrogen) atoms. The molecule has 0 bridgehead atoms. The smallest absolute Gasteiger partial charge is 0.323 e. The minimum Gasteiger partial charge on any atom is -0.451 e. The number of nitrogens with zero attached hydrogens (tertiary/aromatic N) is 2. The van der Waals surface area contributed by atoms with E-state index in [9.17, 15) is 9.59 Å². The first-order valence-corrected chi connectivity index (χ1v) is 8.05. The van der Waals surface area contributed by atoms with Crippen LogP contribution < -0.4 is 5.32 Å². The molecule has 2 atom stereocenters. The maximum Gasteiger partial charge on any atom is 0.323 e. The maximum absolute atomic E-state index is 12.3. The number of esters is 1. The molecule has 0 fully saturated rings. The molecule has 1 heterocycles. The number of hydrogen-bond donors (Lipinski definition) is 1. The van der Waals surface area contributed by atoms with Gasteiger partial charge in [0.25, 0.3) is 5.91 Å². The van der Waals surface area contributed by atoms with Gasteiger partial charge in [0.2, 0.25) is 0 Å². The molecule has 0 unspecified atom stereocenters. The summed E-state index contributed by atoms with van der Waals surface area (Å²) < 4.78 is 10.1. The second-order valence-corrected chi connectivity index (χ2v) is 5.97. The highest BCUT2D eigenvalue weighted by atomic mass is 16.5. The lowest BCUT2D eigenvalue weighted by Gasteiger charge is -2.24. The average Bonchev–Trinajstić information content (AvgIpc) is 2.99. The van der Waals surface area contributed by atoms with Gasteiger partial charge in [0.1, 0.15) is 11.8 Å². The van der Waals surface area contributed by atoms with Gasteiger partial charge < -0.3 is 14.6 Å². The molecular formula is C18H23N3O4. The van der Waals surface area contributed by atoms with Crippen molar-refractivity contribution in [2.45, 2.75) is 39.5 Å². The number of benzene rings is 1. The van der Waals surface area contributed by atoms with E-state index < -0.39 is 24.0 Å². The van der Waals surface area contributed by atoms with Crippen molar-refractivity contribution in [1.82, 2.24) is 10.1 Å². The van der Waals surface area contributed by atoms with Gasteiger partial charge in [0.15, 0.2) is 11.9 Å². The van der Waals surface area contributed by atoms with Crippen LogP contribution in [0.25, 0.3) is 0 Å². The van der Waals surface area contributed by atoms with Crippen molar-refractivity contribution in [2.24, 2.45) is 0 Å². The third-order valence-corrected chi connectivity index (χ3v) is 3.82. The van der Waals surface area contributed by atoms with E-state index >= 15 is 0 Å². The van der Waals surface area contributed by atoms with Crippen molar-refractivity contribution >= 4 is 17.7 Å². The Labute approximate surface area is 146 Å². The summed E-state index contributed by atoms with van der Waals surface area (Å²) in [5.41, 5.74) is 1.09. The number of anilines is 1. The van der Waals surface area contributed by atoms with Gasteiger partial charge in [-0.15, -0.1) is 0 Å². The second-order valence-electron chi connectivity index (χ2n) is 5.97. The molecule has 0 spiro atoms. The number of amides is 1. The minimum absolute atomic E-state index is 0.291. The van der Waals surface area contributed by atoms with Gasteiger partial charge in [-0.3, -0.25) is 14.5 Å². The number of aryl methyl sites for hydroxylation is 1. The van der Waals surface area contributed by atoms with Crippen LogP contribution in [0.3, 0.4) is 0 Å². The standard InChI is InChI=1S/C18H23N3O4/c1-12-10-16(20-25-12)19-17(22)14(3)24-18(23)13(2)21(4)11-15-8-6-5-7-9-15/h5-10,13-14H,11H2,1-4H3,(H,19,20,22)/t13-,14-/m1/s1. The molecule has 7 nitrogen and oxygen atoms in total. The third-order valence-electron chi connectivity index (χ3n) is 3.82. The summed E-state index contributed by atoms with van der Waals surface area (Å²) >= 11 is 0. The maximum atomic E-state index is 12.3. The van der Waals surface area contributed by atoms with Gasteiger partial charge in [0, 0.05) is 12.6 Å². The highest BCUT2D eigenvalue weighted by Crippen LogP contribution is 2.10. The molecule has 0 aliphatic rings. The van der Waals surface area contributed by atoms with Gasteiger partial charge in [-0.1, -0.05) is 35.5 Å². The van der Waals surface area contributed by atoms with Crippen molar-refractivity contribution in [3.8, 4) is 0 Å². The van der Waals surface area contributed by atoms with Crippen molar-refractivity contribution in [2.75, 3.05) is 12.4 Å². The Hall–Kier alpha value is -2.67. The van der Waals surface area contributed by atoms with E-state index in [0.717, 1.165) is 5.56 Å². The summed E-state index contributed by atoms with van der Waals surface area (Å²) in [5.74, 6) is -0.0484. The number of ether oxygens (including phenoxy) is 1. The molecule has 1 amide bonds. The molecule has 0 aliphatic heterocycles. The van der Waals surface area contributed by atoms with Gasteiger partial charge in [-0.25, -0.2) is 0 Å². The van der Waals surface area contributed by atoms with Gasteiger partial charge >= 0.3 is 5.97 Å². The van der Waals surface area contributed by atoms with E-state index in [4.69, 9.17) is 9.26 Å². The Morgan fingerprint density at radius 2 is 1.96 bits per heavy atom. The summed E-state index contributed by atoms with van der Waals surface area (Å²) in [5, 5.41) is 6.21. The Balaban J connectivity index is 1.85. The van der Waals surface area contributed by atoms with E-state index in [1.165, 1.54) is 6.92 Å². The monoisotopic (exact) mass is 345 g/mol. The topological polar surface area (TPSA) is 84.7 Å². The Morgan fingerprint density at radius 3 is 2.56 bits per heavy atom. The predicted molar refractivity (Wildman–Crippen MR) is 92.8 cm³/mol. The normalized spacial score (nSPS) is 13.3. The van der Waals surface area contributed by atoms with E-state index in [1.807, 2.05) is 42.3 Å². The Bertz CT molecular complexity index is 714. The van der Waals surface area contributed by atoms with Crippen LogP contribution in [0.2, 0.25) is 0 Å². The fourth-order valence-electron chi connectivity index (χ4n) is 2.17. The number of hydrogen-bond acceptors (Lipinski definition) is 6. The quantitative estimate of drug-likeness (QED) is 0.776. The molecule has 0 saturated carbocycles.